The molecule has 0 spiro atoms. The second-order valence-corrected chi connectivity index (χ2v) is 6.57. The second kappa shape index (κ2) is 6.41. The topological polar surface area (TPSA) is 125 Å². The fourth-order valence-electron chi connectivity index (χ4n) is 3.69. The Morgan fingerprint density at radius 3 is 2.74 bits per heavy atom. The van der Waals surface area contributed by atoms with Crippen LogP contribution in [0.3, 0.4) is 0 Å². The minimum Gasteiger partial charge on any atom is -0.470 e. The van der Waals surface area contributed by atoms with Crippen LogP contribution in [0.2, 0.25) is 0 Å². The highest BCUT2D eigenvalue weighted by molar-refractivity contribution is 6.23. The molecular weight excluding hydrogens is 352 g/mol. The van der Waals surface area contributed by atoms with E-state index in [2.05, 4.69) is 5.16 Å². The summed E-state index contributed by atoms with van der Waals surface area (Å²) < 4.78 is 16.2. The van der Waals surface area contributed by atoms with Crippen molar-refractivity contribution in [1.82, 2.24) is 5.16 Å². The lowest BCUT2D eigenvalue weighted by molar-refractivity contribution is -0.141. The van der Waals surface area contributed by atoms with Crippen molar-refractivity contribution in [3.8, 4) is 5.88 Å². The van der Waals surface area contributed by atoms with Crippen molar-refractivity contribution in [1.29, 1.82) is 0 Å². The number of benzene rings is 1. The van der Waals surface area contributed by atoms with Crippen LogP contribution in [0.1, 0.15) is 27.7 Å². The molecule has 140 valence electrons. The maximum Gasteiger partial charge on any atom is 0.265 e. The van der Waals surface area contributed by atoms with E-state index in [-0.39, 0.29) is 23.8 Å². The standard InChI is InChI=1S/C19H18N2O6/c1-25-11-7-8-12(22)19(24)14(11)15(20)16-13(17(19)23)18(21-27-16)26-9-10-5-3-2-4-6-10/h2-8,11,14-15,24H,9,20H2,1H3. The minimum absolute atomic E-state index is 0.0721. The molecule has 0 aliphatic heterocycles. The van der Waals surface area contributed by atoms with Crippen molar-refractivity contribution in [2.45, 2.75) is 24.4 Å². The number of hydrogen-bond acceptors (Lipinski definition) is 8. The molecule has 0 amide bonds. The summed E-state index contributed by atoms with van der Waals surface area (Å²) in [6.45, 7) is 0.138. The molecule has 3 N–H and O–H groups in total. The van der Waals surface area contributed by atoms with Crippen LogP contribution in [0.5, 0.6) is 5.88 Å². The smallest absolute Gasteiger partial charge is 0.265 e. The predicted molar refractivity (Wildman–Crippen MR) is 91.9 cm³/mol. The summed E-state index contributed by atoms with van der Waals surface area (Å²) in [5.74, 6) is -2.64. The molecule has 4 atom stereocenters. The van der Waals surface area contributed by atoms with Crippen molar-refractivity contribution in [2.24, 2.45) is 11.7 Å². The number of carbonyl (C=O) groups is 2. The Morgan fingerprint density at radius 1 is 1.30 bits per heavy atom. The molecule has 1 heterocycles. The molecule has 1 aromatic heterocycles. The number of hydrogen-bond donors (Lipinski definition) is 2. The van der Waals surface area contributed by atoms with Gasteiger partial charge in [-0.1, -0.05) is 36.4 Å². The quantitative estimate of drug-likeness (QED) is 0.762. The summed E-state index contributed by atoms with van der Waals surface area (Å²) in [6, 6.07) is 8.30. The molecule has 0 radical (unpaired) electrons. The first-order valence-corrected chi connectivity index (χ1v) is 8.43. The van der Waals surface area contributed by atoms with Gasteiger partial charge in [-0.15, -0.1) is 0 Å². The fourth-order valence-corrected chi connectivity index (χ4v) is 3.69. The lowest BCUT2D eigenvalue weighted by Gasteiger charge is -2.43. The number of carbonyl (C=O) groups excluding carboxylic acids is 2. The van der Waals surface area contributed by atoms with E-state index in [1.165, 1.54) is 13.2 Å². The summed E-state index contributed by atoms with van der Waals surface area (Å²) in [7, 11) is 1.41. The van der Waals surface area contributed by atoms with Gasteiger partial charge in [-0.25, -0.2) is 0 Å². The van der Waals surface area contributed by atoms with Crippen LogP contribution in [0.15, 0.2) is 47.0 Å². The number of nitrogens with two attached hydrogens (primary N) is 1. The van der Waals surface area contributed by atoms with Gasteiger partial charge in [0.25, 0.3) is 5.88 Å². The van der Waals surface area contributed by atoms with Gasteiger partial charge in [-0.3, -0.25) is 9.59 Å². The van der Waals surface area contributed by atoms with Crippen LogP contribution in [0.4, 0.5) is 0 Å². The van der Waals surface area contributed by atoms with Crippen molar-refractivity contribution in [3.63, 3.8) is 0 Å². The number of nitrogens with zero attached hydrogens (tertiary/aromatic N) is 1. The van der Waals surface area contributed by atoms with Gasteiger partial charge in [0.05, 0.1) is 18.1 Å². The van der Waals surface area contributed by atoms with Gasteiger partial charge in [0.1, 0.15) is 12.2 Å². The summed E-state index contributed by atoms with van der Waals surface area (Å²) in [6.07, 6.45) is 1.89. The molecule has 2 aliphatic carbocycles. The molecule has 1 aromatic carbocycles. The van der Waals surface area contributed by atoms with Gasteiger partial charge in [0.2, 0.25) is 5.78 Å². The Hall–Kier alpha value is -2.81. The van der Waals surface area contributed by atoms with Gasteiger partial charge in [0.15, 0.2) is 17.1 Å². The van der Waals surface area contributed by atoms with Crippen LogP contribution in [0, 0.1) is 5.92 Å². The number of aliphatic hydroxyl groups is 1. The molecule has 0 fully saturated rings. The predicted octanol–water partition coefficient (Wildman–Crippen LogP) is 0.951. The zero-order valence-electron chi connectivity index (χ0n) is 14.5. The molecular formula is C19H18N2O6. The summed E-state index contributed by atoms with van der Waals surface area (Å²) in [4.78, 5) is 25.5. The third kappa shape index (κ3) is 2.53. The number of aromatic nitrogens is 1. The number of Topliss-reactive ketones (excluding diaryl/α,β-unsaturated/α-hetero) is 1. The molecule has 0 saturated heterocycles. The lowest BCUT2D eigenvalue weighted by Crippen LogP contribution is -2.63. The number of ether oxygens (including phenoxy) is 2. The van der Waals surface area contributed by atoms with E-state index in [4.69, 9.17) is 19.7 Å². The molecule has 8 nitrogen and oxygen atoms in total. The summed E-state index contributed by atoms with van der Waals surface area (Å²) in [5, 5.41) is 14.8. The van der Waals surface area contributed by atoms with E-state index < -0.39 is 35.2 Å². The van der Waals surface area contributed by atoms with E-state index in [0.29, 0.717) is 0 Å². The Labute approximate surface area is 154 Å². The summed E-state index contributed by atoms with van der Waals surface area (Å²) in [5.41, 5.74) is 4.64. The Balaban J connectivity index is 1.73. The zero-order valence-corrected chi connectivity index (χ0v) is 14.5. The van der Waals surface area contributed by atoms with Crippen molar-refractivity contribution in [3.05, 3.63) is 59.4 Å². The maximum atomic E-state index is 13.1. The van der Waals surface area contributed by atoms with E-state index in [1.807, 2.05) is 30.3 Å². The molecule has 27 heavy (non-hydrogen) atoms. The highest BCUT2D eigenvalue weighted by atomic mass is 16.5. The third-order valence-electron chi connectivity index (χ3n) is 5.09. The average Bonchev–Trinajstić information content (AvgIpc) is 3.11. The molecule has 2 aromatic rings. The lowest BCUT2D eigenvalue weighted by atomic mass is 9.64. The van der Waals surface area contributed by atoms with E-state index in [0.717, 1.165) is 11.6 Å². The highest BCUT2D eigenvalue weighted by Crippen LogP contribution is 2.47. The first-order chi connectivity index (χ1) is 13.0. The number of methoxy groups -OCH3 is 1. The van der Waals surface area contributed by atoms with E-state index >= 15 is 0 Å². The fraction of sp³-hybridized carbons (Fsp3) is 0.316. The normalized spacial score (nSPS) is 29.4. The van der Waals surface area contributed by atoms with Gasteiger partial charge in [-0.05, 0) is 16.8 Å². The Morgan fingerprint density at radius 2 is 2.04 bits per heavy atom. The number of ketones is 2. The van der Waals surface area contributed by atoms with Gasteiger partial charge < -0.3 is 24.8 Å². The van der Waals surface area contributed by atoms with Crippen LogP contribution in [0.25, 0.3) is 0 Å². The van der Waals surface area contributed by atoms with Crippen molar-refractivity contribution in [2.75, 3.05) is 7.11 Å². The van der Waals surface area contributed by atoms with Crippen LogP contribution < -0.4 is 10.5 Å². The zero-order chi connectivity index (χ0) is 19.2. The van der Waals surface area contributed by atoms with E-state index in [1.54, 1.807) is 0 Å². The summed E-state index contributed by atoms with van der Waals surface area (Å²) >= 11 is 0. The second-order valence-electron chi connectivity index (χ2n) is 6.57. The first-order valence-electron chi connectivity index (χ1n) is 8.43. The van der Waals surface area contributed by atoms with Crippen molar-refractivity contribution < 1.29 is 28.7 Å². The molecule has 8 heteroatoms. The third-order valence-corrected chi connectivity index (χ3v) is 5.09. The number of fused-ring (bicyclic) bond motifs is 2. The van der Waals surface area contributed by atoms with Gasteiger partial charge >= 0.3 is 0 Å². The van der Waals surface area contributed by atoms with E-state index in [9.17, 15) is 14.7 Å². The monoisotopic (exact) mass is 370 g/mol. The molecule has 2 aliphatic rings. The van der Waals surface area contributed by atoms with Crippen LogP contribution >= 0.6 is 0 Å². The molecule has 4 rings (SSSR count). The highest BCUT2D eigenvalue weighted by Gasteiger charge is 2.62. The van der Waals surface area contributed by atoms with Gasteiger partial charge in [-0.2, -0.15) is 0 Å². The first kappa shape index (κ1) is 17.6. The molecule has 0 bridgehead atoms. The minimum atomic E-state index is -2.35. The Kier molecular flexibility index (Phi) is 4.18. The SMILES string of the molecule is COC1C=CC(=O)C2(O)C(=O)c3c(OCc4ccccc4)noc3C(N)C12. The largest absolute Gasteiger partial charge is 0.470 e. The number of rotatable bonds is 4. The maximum absolute atomic E-state index is 13.1. The van der Waals surface area contributed by atoms with Gasteiger partial charge in [0, 0.05) is 7.11 Å². The Bertz CT molecular complexity index is 922. The molecule has 0 saturated carbocycles. The van der Waals surface area contributed by atoms with Crippen LogP contribution in [-0.2, 0) is 16.1 Å². The van der Waals surface area contributed by atoms with Crippen molar-refractivity contribution >= 4 is 11.6 Å². The van der Waals surface area contributed by atoms with Crippen LogP contribution in [-0.4, -0.2) is 40.6 Å². The average molecular weight is 370 g/mol. The molecule has 4 unspecified atom stereocenters.